The van der Waals surface area contributed by atoms with Crippen LogP contribution < -0.4 is 0 Å². The molecule has 1 heterocycles. The molecule has 0 radical (unpaired) electrons. The zero-order valence-corrected chi connectivity index (χ0v) is 12.5. The van der Waals surface area contributed by atoms with Crippen LogP contribution in [0.4, 0.5) is 0 Å². The van der Waals surface area contributed by atoms with Crippen molar-refractivity contribution in [3.8, 4) is 0 Å². The Hall–Kier alpha value is -1.35. The first-order chi connectivity index (χ1) is 9.61. The van der Waals surface area contributed by atoms with Crippen molar-refractivity contribution in [1.82, 2.24) is 4.90 Å². The normalized spacial score (nSPS) is 19.4. The van der Waals surface area contributed by atoms with Gasteiger partial charge < -0.3 is 10.0 Å². The van der Waals surface area contributed by atoms with Crippen LogP contribution in [0.2, 0.25) is 0 Å². The Morgan fingerprint density at radius 1 is 1.35 bits per heavy atom. The van der Waals surface area contributed by atoms with Crippen molar-refractivity contribution in [3.63, 3.8) is 0 Å². The van der Waals surface area contributed by atoms with Crippen molar-refractivity contribution >= 4 is 5.91 Å². The number of hydrogen-bond donors (Lipinski definition) is 1. The van der Waals surface area contributed by atoms with Gasteiger partial charge in [0.05, 0.1) is 0 Å². The highest BCUT2D eigenvalue weighted by atomic mass is 16.3. The predicted molar refractivity (Wildman–Crippen MR) is 80.9 cm³/mol. The Kier molecular flexibility index (Phi) is 5.18. The van der Waals surface area contributed by atoms with Gasteiger partial charge in [-0.3, -0.25) is 4.79 Å². The molecule has 0 aliphatic carbocycles. The molecular formula is C17H25NO2. The third kappa shape index (κ3) is 3.60. The number of aliphatic hydroxyl groups is 1. The van der Waals surface area contributed by atoms with E-state index < -0.39 is 0 Å². The summed E-state index contributed by atoms with van der Waals surface area (Å²) in [5.74, 6) is 1.07. The van der Waals surface area contributed by atoms with Crippen molar-refractivity contribution in [1.29, 1.82) is 0 Å². The Balaban J connectivity index is 2.02. The average molecular weight is 275 g/mol. The van der Waals surface area contributed by atoms with Crippen LogP contribution in [0.3, 0.4) is 0 Å². The van der Waals surface area contributed by atoms with Crippen molar-refractivity contribution in [3.05, 3.63) is 35.4 Å². The third-order valence-electron chi connectivity index (χ3n) is 4.17. The number of amides is 1. The summed E-state index contributed by atoms with van der Waals surface area (Å²) >= 11 is 0. The van der Waals surface area contributed by atoms with E-state index in [-0.39, 0.29) is 12.5 Å². The van der Waals surface area contributed by atoms with Crippen molar-refractivity contribution in [2.75, 3.05) is 19.7 Å². The van der Waals surface area contributed by atoms with Gasteiger partial charge in [0.2, 0.25) is 0 Å². The molecule has 1 N–H and O–H groups in total. The summed E-state index contributed by atoms with van der Waals surface area (Å²) in [6.45, 7) is 6.15. The molecule has 1 aromatic rings. The molecular weight excluding hydrogens is 250 g/mol. The fraction of sp³-hybridized carbons (Fsp3) is 0.588. The van der Waals surface area contributed by atoms with Gasteiger partial charge in [0.15, 0.2) is 0 Å². The Labute approximate surface area is 121 Å². The lowest BCUT2D eigenvalue weighted by atomic mass is 9.94. The van der Waals surface area contributed by atoms with Crippen molar-refractivity contribution in [2.24, 2.45) is 5.92 Å². The van der Waals surface area contributed by atoms with E-state index in [1.165, 1.54) is 5.56 Å². The van der Waals surface area contributed by atoms with Crippen LogP contribution in [0.15, 0.2) is 24.3 Å². The summed E-state index contributed by atoms with van der Waals surface area (Å²) in [5, 5.41) is 9.04. The molecule has 1 atom stereocenters. The van der Waals surface area contributed by atoms with E-state index in [0.29, 0.717) is 11.8 Å². The minimum atomic E-state index is 0.128. The Bertz CT molecular complexity index is 437. The maximum atomic E-state index is 12.5. The lowest BCUT2D eigenvalue weighted by Crippen LogP contribution is -2.40. The second-order valence-electron chi connectivity index (χ2n) is 6.05. The number of likely N-dealkylation sites (tertiary alicyclic amines) is 1. The second-order valence-corrected chi connectivity index (χ2v) is 6.05. The Morgan fingerprint density at radius 2 is 2.05 bits per heavy atom. The number of carbonyl (C=O) groups excluding carboxylic acids is 1. The van der Waals surface area contributed by atoms with Crippen LogP contribution in [0.25, 0.3) is 0 Å². The first-order valence-electron chi connectivity index (χ1n) is 7.62. The highest BCUT2D eigenvalue weighted by Gasteiger charge is 2.24. The Morgan fingerprint density at radius 3 is 2.65 bits per heavy atom. The van der Waals surface area contributed by atoms with Crippen LogP contribution in [0.5, 0.6) is 0 Å². The van der Waals surface area contributed by atoms with Gasteiger partial charge in [-0.2, -0.15) is 0 Å². The van der Waals surface area contributed by atoms with Gasteiger partial charge in [0.25, 0.3) is 5.91 Å². The van der Waals surface area contributed by atoms with Crippen LogP contribution in [-0.2, 0) is 0 Å². The minimum Gasteiger partial charge on any atom is -0.396 e. The van der Waals surface area contributed by atoms with E-state index in [2.05, 4.69) is 13.8 Å². The van der Waals surface area contributed by atoms with Gasteiger partial charge in [-0.05, 0) is 48.8 Å². The first kappa shape index (κ1) is 15.0. The zero-order chi connectivity index (χ0) is 14.5. The van der Waals surface area contributed by atoms with Gasteiger partial charge in [0.1, 0.15) is 0 Å². The summed E-state index contributed by atoms with van der Waals surface area (Å²) < 4.78 is 0. The highest BCUT2D eigenvalue weighted by Crippen LogP contribution is 2.22. The third-order valence-corrected chi connectivity index (χ3v) is 4.17. The molecule has 2 rings (SSSR count). The van der Waals surface area contributed by atoms with Crippen molar-refractivity contribution < 1.29 is 9.90 Å². The van der Waals surface area contributed by atoms with E-state index in [4.69, 9.17) is 5.11 Å². The van der Waals surface area contributed by atoms with Gasteiger partial charge in [0, 0.05) is 25.3 Å². The monoisotopic (exact) mass is 275 g/mol. The van der Waals surface area contributed by atoms with Gasteiger partial charge >= 0.3 is 0 Å². The van der Waals surface area contributed by atoms with E-state index >= 15 is 0 Å². The SMILES string of the molecule is CC(C)c1ccc(C(=O)N2CCCC(CCO)C2)cc1. The summed E-state index contributed by atoms with van der Waals surface area (Å²) in [5.41, 5.74) is 2.04. The number of carbonyl (C=O) groups is 1. The van der Waals surface area contributed by atoms with E-state index in [9.17, 15) is 4.79 Å². The van der Waals surface area contributed by atoms with E-state index in [1.54, 1.807) is 0 Å². The quantitative estimate of drug-likeness (QED) is 0.917. The number of rotatable bonds is 4. The molecule has 20 heavy (non-hydrogen) atoms. The molecule has 1 amide bonds. The lowest BCUT2D eigenvalue weighted by Gasteiger charge is -2.32. The maximum absolute atomic E-state index is 12.5. The molecule has 1 aromatic carbocycles. The van der Waals surface area contributed by atoms with Crippen LogP contribution in [-0.4, -0.2) is 35.6 Å². The molecule has 1 aliphatic rings. The average Bonchev–Trinajstić information content (AvgIpc) is 2.47. The van der Waals surface area contributed by atoms with Crippen LogP contribution in [0, 0.1) is 5.92 Å². The molecule has 3 heteroatoms. The smallest absolute Gasteiger partial charge is 0.253 e. The topological polar surface area (TPSA) is 40.5 Å². The van der Waals surface area contributed by atoms with Gasteiger partial charge in [-0.1, -0.05) is 26.0 Å². The molecule has 0 aromatic heterocycles. The lowest BCUT2D eigenvalue weighted by molar-refractivity contribution is 0.0653. The number of aliphatic hydroxyl groups excluding tert-OH is 1. The van der Waals surface area contributed by atoms with Crippen molar-refractivity contribution in [2.45, 2.75) is 39.0 Å². The van der Waals surface area contributed by atoms with E-state index in [1.807, 2.05) is 29.2 Å². The molecule has 0 spiro atoms. The standard InChI is InChI=1S/C17H25NO2/c1-13(2)15-5-7-16(8-6-15)17(20)18-10-3-4-14(12-18)9-11-19/h5-8,13-14,19H,3-4,9-12H2,1-2H3. The molecule has 1 fully saturated rings. The fourth-order valence-corrected chi connectivity index (χ4v) is 2.86. The molecule has 0 saturated carbocycles. The fourth-order valence-electron chi connectivity index (χ4n) is 2.86. The predicted octanol–water partition coefficient (Wildman–Crippen LogP) is 3.04. The first-order valence-corrected chi connectivity index (χ1v) is 7.62. The van der Waals surface area contributed by atoms with Gasteiger partial charge in [-0.25, -0.2) is 0 Å². The number of benzene rings is 1. The summed E-state index contributed by atoms with van der Waals surface area (Å²) in [6.07, 6.45) is 2.97. The molecule has 0 bridgehead atoms. The number of hydrogen-bond acceptors (Lipinski definition) is 2. The molecule has 110 valence electrons. The second kappa shape index (κ2) is 6.89. The maximum Gasteiger partial charge on any atom is 0.253 e. The molecule has 1 saturated heterocycles. The summed E-state index contributed by atoms with van der Waals surface area (Å²) in [7, 11) is 0. The number of nitrogens with zero attached hydrogens (tertiary/aromatic N) is 1. The number of piperidine rings is 1. The van der Waals surface area contributed by atoms with Crippen LogP contribution in [0.1, 0.15) is 54.9 Å². The van der Waals surface area contributed by atoms with E-state index in [0.717, 1.165) is 37.9 Å². The molecule has 1 aliphatic heterocycles. The largest absolute Gasteiger partial charge is 0.396 e. The summed E-state index contributed by atoms with van der Waals surface area (Å²) in [6, 6.07) is 7.97. The zero-order valence-electron chi connectivity index (χ0n) is 12.5. The molecule has 3 nitrogen and oxygen atoms in total. The van der Waals surface area contributed by atoms with Crippen LogP contribution >= 0.6 is 0 Å². The molecule has 1 unspecified atom stereocenters. The van der Waals surface area contributed by atoms with Gasteiger partial charge in [-0.15, -0.1) is 0 Å². The summed E-state index contributed by atoms with van der Waals surface area (Å²) in [4.78, 5) is 14.4. The highest BCUT2D eigenvalue weighted by molar-refractivity contribution is 5.94. The minimum absolute atomic E-state index is 0.128.